The highest BCUT2D eigenvalue weighted by Crippen LogP contribution is 2.34. The minimum atomic E-state index is 0.324. The van der Waals surface area contributed by atoms with Crippen LogP contribution in [0, 0.1) is 6.92 Å². The molecule has 4 aromatic rings. The van der Waals surface area contributed by atoms with Crippen LogP contribution in [0.15, 0.2) is 60.7 Å². The second kappa shape index (κ2) is 6.00. The molecular formula is C21H20N2O. The van der Waals surface area contributed by atoms with Gasteiger partial charge in [0.2, 0.25) is 0 Å². The molecule has 24 heavy (non-hydrogen) atoms. The minimum absolute atomic E-state index is 0.324. The molecule has 4 rings (SSSR count). The Morgan fingerprint density at radius 3 is 2.42 bits per heavy atom. The highest BCUT2D eigenvalue weighted by Gasteiger charge is 2.13. The van der Waals surface area contributed by atoms with Gasteiger partial charge in [-0.3, -0.25) is 4.68 Å². The highest BCUT2D eigenvalue weighted by molar-refractivity contribution is 6.09. The topological polar surface area (TPSA) is 38.0 Å². The van der Waals surface area contributed by atoms with Crippen molar-refractivity contribution in [3.05, 3.63) is 71.9 Å². The predicted molar refractivity (Wildman–Crippen MR) is 98.4 cm³/mol. The molecule has 0 aliphatic heterocycles. The minimum Gasteiger partial charge on any atom is -0.507 e. The van der Waals surface area contributed by atoms with Gasteiger partial charge in [0, 0.05) is 22.7 Å². The maximum absolute atomic E-state index is 10.3. The fourth-order valence-electron chi connectivity index (χ4n) is 3.42. The van der Waals surface area contributed by atoms with Crippen molar-refractivity contribution < 1.29 is 5.11 Å². The summed E-state index contributed by atoms with van der Waals surface area (Å²) in [4.78, 5) is 0. The molecule has 0 fully saturated rings. The number of rotatable bonds is 4. The van der Waals surface area contributed by atoms with Crippen LogP contribution in [0.5, 0.6) is 5.75 Å². The fourth-order valence-corrected chi connectivity index (χ4v) is 3.42. The summed E-state index contributed by atoms with van der Waals surface area (Å²) in [5, 5.41) is 18.0. The Kier molecular flexibility index (Phi) is 3.69. The lowest BCUT2D eigenvalue weighted by Crippen LogP contribution is -2.02. The molecular weight excluding hydrogens is 296 g/mol. The second-order valence-electron chi connectivity index (χ2n) is 6.24. The summed E-state index contributed by atoms with van der Waals surface area (Å²) in [5.74, 6) is 0.324. The third-order valence-electron chi connectivity index (χ3n) is 4.59. The number of nitrogens with zero attached hydrogens (tertiary/aromatic N) is 2. The quantitative estimate of drug-likeness (QED) is 0.585. The third kappa shape index (κ3) is 2.52. The Bertz CT molecular complexity index is 1000. The van der Waals surface area contributed by atoms with E-state index in [9.17, 15) is 5.11 Å². The summed E-state index contributed by atoms with van der Waals surface area (Å²) in [6.07, 6.45) is 2.08. The highest BCUT2D eigenvalue weighted by atomic mass is 16.3. The molecule has 0 spiro atoms. The molecule has 1 heterocycles. The number of fused-ring (bicyclic) bond motifs is 3. The molecule has 3 nitrogen and oxygen atoms in total. The van der Waals surface area contributed by atoms with E-state index in [0.717, 1.165) is 46.8 Å². The van der Waals surface area contributed by atoms with Gasteiger partial charge >= 0.3 is 0 Å². The lowest BCUT2D eigenvalue weighted by Gasteiger charge is -2.08. The Balaban J connectivity index is 1.72. The van der Waals surface area contributed by atoms with Crippen molar-refractivity contribution in [2.24, 2.45) is 0 Å². The first-order valence-electron chi connectivity index (χ1n) is 8.36. The van der Waals surface area contributed by atoms with Gasteiger partial charge in [0.25, 0.3) is 0 Å². The van der Waals surface area contributed by atoms with Crippen LogP contribution in [0.25, 0.3) is 21.7 Å². The van der Waals surface area contributed by atoms with Gasteiger partial charge in [0.15, 0.2) is 0 Å². The first-order valence-corrected chi connectivity index (χ1v) is 8.36. The van der Waals surface area contributed by atoms with Gasteiger partial charge in [-0.25, -0.2) is 0 Å². The van der Waals surface area contributed by atoms with Crippen LogP contribution in [0.1, 0.15) is 17.7 Å². The lowest BCUT2D eigenvalue weighted by atomic mass is 10.0. The van der Waals surface area contributed by atoms with Crippen molar-refractivity contribution in [2.45, 2.75) is 26.3 Å². The first-order chi connectivity index (χ1) is 11.7. The molecule has 0 bridgehead atoms. The van der Waals surface area contributed by atoms with E-state index in [1.165, 1.54) is 5.56 Å². The molecule has 0 amide bonds. The fraction of sp³-hybridized carbons (Fsp3) is 0.190. The number of phenols is 1. The largest absolute Gasteiger partial charge is 0.507 e. The van der Waals surface area contributed by atoms with Gasteiger partial charge in [-0.15, -0.1) is 0 Å². The molecule has 1 aromatic heterocycles. The zero-order valence-corrected chi connectivity index (χ0v) is 13.7. The van der Waals surface area contributed by atoms with Gasteiger partial charge in [-0.2, -0.15) is 5.10 Å². The Morgan fingerprint density at radius 1 is 0.917 bits per heavy atom. The van der Waals surface area contributed by atoms with Gasteiger partial charge < -0.3 is 5.11 Å². The molecule has 1 N–H and O–H groups in total. The molecule has 0 saturated heterocycles. The molecule has 0 unspecified atom stereocenters. The van der Waals surface area contributed by atoms with Crippen LogP contribution in [0.3, 0.4) is 0 Å². The SMILES string of the molecule is Cc1nn(CCCc2ccccc2)c2c1cc(O)c1ccccc12. The standard InChI is InChI=1S/C21H20N2O/c1-15-19-14-20(24)17-11-5-6-12-18(17)21(19)23(22-15)13-7-10-16-8-3-2-4-9-16/h2-6,8-9,11-12,14,24H,7,10,13H2,1H3. The van der Waals surface area contributed by atoms with Gasteiger partial charge in [-0.1, -0.05) is 54.6 Å². The van der Waals surface area contributed by atoms with Crippen molar-refractivity contribution in [3.8, 4) is 5.75 Å². The summed E-state index contributed by atoms with van der Waals surface area (Å²) < 4.78 is 2.09. The molecule has 0 aliphatic rings. The first kappa shape index (κ1) is 14.8. The zero-order chi connectivity index (χ0) is 16.5. The number of hydrogen-bond acceptors (Lipinski definition) is 2. The molecule has 3 heteroatoms. The number of aryl methyl sites for hydroxylation is 3. The van der Waals surface area contributed by atoms with E-state index in [-0.39, 0.29) is 0 Å². The predicted octanol–water partition coefficient (Wildman–Crippen LogP) is 4.84. The number of aromatic hydroxyl groups is 1. The van der Waals surface area contributed by atoms with E-state index in [1.54, 1.807) is 0 Å². The van der Waals surface area contributed by atoms with E-state index < -0.39 is 0 Å². The normalized spacial score (nSPS) is 11.4. The summed E-state index contributed by atoms with van der Waals surface area (Å²) in [6.45, 7) is 2.87. The molecule has 0 atom stereocenters. The van der Waals surface area contributed by atoms with E-state index in [2.05, 4.69) is 35.0 Å². The monoisotopic (exact) mass is 316 g/mol. The van der Waals surface area contributed by atoms with E-state index >= 15 is 0 Å². The number of hydrogen-bond donors (Lipinski definition) is 1. The van der Waals surface area contributed by atoms with Gasteiger partial charge in [0.1, 0.15) is 5.75 Å². The zero-order valence-electron chi connectivity index (χ0n) is 13.7. The van der Waals surface area contributed by atoms with Gasteiger partial charge in [-0.05, 0) is 31.4 Å². The Hall–Kier alpha value is -2.81. The smallest absolute Gasteiger partial charge is 0.124 e. The summed E-state index contributed by atoms with van der Waals surface area (Å²) in [6, 6.07) is 20.4. The van der Waals surface area contributed by atoms with Crippen LogP contribution in [0.2, 0.25) is 0 Å². The molecule has 0 aliphatic carbocycles. The number of phenolic OH excluding ortho intramolecular Hbond substituents is 1. The van der Waals surface area contributed by atoms with Crippen molar-refractivity contribution >= 4 is 21.7 Å². The number of aromatic nitrogens is 2. The van der Waals surface area contributed by atoms with E-state index in [1.807, 2.05) is 37.3 Å². The number of benzene rings is 3. The van der Waals surface area contributed by atoms with Crippen molar-refractivity contribution in [2.75, 3.05) is 0 Å². The molecule has 3 aromatic carbocycles. The maximum atomic E-state index is 10.3. The average molecular weight is 316 g/mol. The Labute approximate surface area is 141 Å². The van der Waals surface area contributed by atoms with Crippen LogP contribution < -0.4 is 0 Å². The molecule has 0 saturated carbocycles. The third-order valence-corrected chi connectivity index (χ3v) is 4.59. The summed E-state index contributed by atoms with van der Waals surface area (Å²) >= 11 is 0. The van der Waals surface area contributed by atoms with Crippen molar-refractivity contribution in [1.82, 2.24) is 9.78 Å². The molecule has 0 radical (unpaired) electrons. The van der Waals surface area contributed by atoms with E-state index in [4.69, 9.17) is 5.10 Å². The van der Waals surface area contributed by atoms with Gasteiger partial charge in [0.05, 0.1) is 11.2 Å². The lowest BCUT2D eigenvalue weighted by molar-refractivity contribution is 0.482. The summed E-state index contributed by atoms with van der Waals surface area (Å²) in [7, 11) is 0. The summed E-state index contributed by atoms with van der Waals surface area (Å²) in [5.41, 5.74) is 3.44. The van der Waals surface area contributed by atoms with Crippen LogP contribution in [-0.4, -0.2) is 14.9 Å². The van der Waals surface area contributed by atoms with Crippen molar-refractivity contribution in [3.63, 3.8) is 0 Å². The molecule has 120 valence electrons. The average Bonchev–Trinajstić information content (AvgIpc) is 2.92. The van der Waals surface area contributed by atoms with Crippen LogP contribution in [0.4, 0.5) is 0 Å². The van der Waals surface area contributed by atoms with E-state index in [0.29, 0.717) is 5.75 Å². The van der Waals surface area contributed by atoms with Crippen LogP contribution in [-0.2, 0) is 13.0 Å². The second-order valence-corrected chi connectivity index (χ2v) is 6.24. The van der Waals surface area contributed by atoms with Crippen LogP contribution >= 0.6 is 0 Å². The maximum Gasteiger partial charge on any atom is 0.124 e. The van der Waals surface area contributed by atoms with Crippen molar-refractivity contribution in [1.29, 1.82) is 0 Å². The Morgan fingerprint density at radius 2 is 1.62 bits per heavy atom.